The summed E-state index contributed by atoms with van der Waals surface area (Å²) in [4.78, 5) is 15.6. The summed E-state index contributed by atoms with van der Waals surface area (Å²) in [6, 6.07) is 60.1. The maximum atomic E-state index is 5.27. The molecule has 0 fully saturated rings. The maximum absolute atomic E-state index is 5.27. The summed E-state index contributed by atoms with van der Waals surface area (Å²) in [7, 11) is 0. The number of hydrogen-bond acceptors (Lipinski definition) is 3. The standard InChI is InChI=1S/C51H34N6/c1-3-16-33(17-4-1)49-52-50(54-51(53-49)57-45-28-13-7-22-37(45)38-23-8-14-29-46(38)57)34-18-15-21-36(30-34)56-44-27-12-10-25-40(44)42-31-47-41(32-48(42)56)39-24-9-11-26-43(39)55(47)35-19-5-2-6-20-35/h1-11,13-26,28-32H,12,27H2. The molecule has 0 spiro atoms. The first-order valence-corrected chi connectivity index (χ1v) is 19.5. The molecule has 0 saturated carbocycles. The first-order chi connectivity index (χ1) is 28.3. The van der Waals surface area contributed by atoms with E-state index >= 15 is 0 Å². The van der Waals surface area contributed by atoms with Gasteiger partial charge in [0.1, 0.15) is 0 Å². The third-order valence-electron chi connectivity index (χ3n) is 11.5. The molecule has 0 atom stereocenters. The largest absolute Gasteiger partial charge is 0.313 e. The molecule has 1 aliphatic carbocycles. The molecule has 7 aromatic carbocycles. The lowest BCUT2D eigenvalue weighted by molar-refractivity contribution is 0.888. The molecular formula is C51H34N6. The molecule has 0 unspecified atom stereocenters. The Bertz CT molecular complexity index is 3350. The fourth-order valence-electron chi connectivity index (χ4n) is 9.06. The van der Waals surface area contributed by atoms with Crippen LogP contribution in [0.25, 0.3) is 101 Å². The first kappa shape index (κ1) is 31.7. The molecule has 6 heteroatoms. The van der Waals surface area contributed by atoms with Gasteiger partial charge in [0.2, 0.25) is 5.95 Å². The van der Waals surface area contributed by atoms with Gasteiger partial charge in [0, 0.05) is 60.7 Å². The Balaban J connectivity index is 1.09. The van der Waals surface area contributed by atoms with Crippen LogP contribution < -0.4 is 0 Å². The Morgan fingerprint density at radius 3 is 1.65 bits per heavy atom. The highest BCUT2D eigenvalue weighted by Gasteiger charge is 2.23. The average molecular weight is 731 g/mol. The van der Waals surface area contributed by atoms with Crippen molar-refractivity contribution in [3.63, 3.8) is 0 Å². The van der Waals surface area contributed by atoms with Crippen LogP contribution in [-0.2, 0) is 6.42 Å². The van der Waals surface area contributed by atoms with Crippen molar-refractivity contribution in [3.8, 4) is 40.1 Å². The third kappa shape index (κ3) is 4.87. The summed E-state index contributed by atoms with van der Waals surface area (Å²) >= 11 is 0. The molecule has 0 aliphatic heterocycles. The normalized spacial score (nSPS) is 12.7. The van der Waals surface area contributed by atoms with Crippen LogP contribution in [0.15, 0.2) is 176 Å². The van der Waals surface area contributed by atoms with E-state index in [2.05, 4.69) is 178 Å². The van der Waals surface area contributed by atoms with Crippen LogP contribution in [0.3, 0.4) is 0 Å². The fraction of sp³-hybridized carbons (Fsp3) is 0.0392. The van der Waals surface area contributed by atoms with Crippen molar-refractivity contribution in [2.24, 2.45) is 0 Å². The predicted octanol–water partition coefficient (Wildman–Crippen LogP) is 12.3. The smallest absolute Gasteiger partial charge is 0.238 e. The Hall–Kier alpha value is -7.57. The molecule has 4 heterocycles. The van der Waals surface area contributed by atoms with E-state index in [4.69, 9.17) is 15.0 Å². The summed E-state index contributed by atoms with van der Waals surface area (Å²) in [5.74, 6) is 1.85. The number of aromatic nitrogens is 6. The van der Waals surface area contributed by atoms with Crippen molar-refractivity contribution >= 4 is 60.6 Å². The number of hydrogen-bond donors (Lipinski definition) is 0. The Morgan fingerprint density at radius 1 is 0.386 bits per heavy atom. The topological polar surface area (TPSA) is 53.5 Å². The number of allylic oxidation sites excluding steroid dienone is 1. The van der Waals surface area contributed by atoms with Gasteiger partial charge in [-0.3, -0.25) is 4.57 Å². The van der Waals surface area contributed by atoms with Crippen LogP contribution in [0.5, 0.6) is 0 Å². The van der Waals surface area contributed by atoms with Gasteiger partial charge in [-0.25, -0.2) is 4.98 Å². The highest BCUT2D eigenvalue weighted by atomic mass is 15.2. The molecule has 6 nitrogen and oxygen atoms in total. The fourth-order valence-corrected chi connectivity index (χ4v) is 9.06. The minimum Gasteiger partial charge on any atom is -0.313 e. The van der Waals surface area contributed by atoms with E-state index in [0.29, 0.717) is 17.6 Å². The van der Waals surface area contributed by atoms with Crippen LogP contribution in [0.1, 0.15) is 17.7 Å². The molecule has 0 bridgehead atoms. The van der Waals surface area contributed by atoms with Crippen molar-refractivity contribution in [2.75, 3.05) is 0 Å². The summed E-state index contributed by atoms with van der Waals surface area (Å²) in [6.07, 6.45) is 6.58. The predicted molar refractivity (Wildman–Crippen MR) is 234 cm³/mol. The number of nitrogens with zero attached hydrogens (tertiary/aromatic N) is 6. The van der Waals surface area contributed by atoms with Crippen molar-refractivity contribution in [3.05, 3.63) is 187 Å². The van der Waals surface area contributed by atoms with Gasteiger partial charge in [-0.05, 0) is 67.4 Å². The second-order valence-corrected chi connectivity index (χ2v) is 14.8. The minimum absolute atomic E-state index is 0.591. The first-order valence-electron chi connectivity index (χ1n) is 19.5. The number of rotatable bonds is 5. The van der Waals surface area contributed by atoms with Crippen LogP contribution in [0.2, 0.25) is 0 Å². The lowest BCUT2D eigenvalue weighted by Gasteiger charge is -2.15. The van der Waals surface area contributed by atoms with Gasteiger partial charge in [0.25, 0.3) is 0 Å². The molecule has 0 saturated heterocycles. The van der Waals surface area contributed by atoms with Crippen LogP contribution in [0, 0.1) is 0 Å². The monoisotopic (exact) mass is 730 g/mol. The van der Waals surface area contributed by atoms with E-state index in [9.17, 15) is 0 Å². The molecule has 0 N–H and O–H groups in total. The second kappa shape index (κ2) is 12.5. The van der Waals surface area contributed by atoms with E-state index < -0.39 is 0 Å². The third-order valence-corrected chi connectivity index (χ3v) is 11.5. The quantitative estimate of drug-likeness (QED) is 0.177. The molecule has 4 aromatic heterocycles. The summed E-state index contributed by atoms with van der Waals surface area (Å²) in [5, 5.41) is 6.05. The van der Waals surface area contributed by atoms with Gasteiger partial charge < -0.3 is 9.13 Å². The number of benzene rings is 7. The zero-order valence-electron chi connectivity index (χ0n) is 30.9. The van der Waals surface area contributed by atoms with E-state index in [1.54, 1.807) is 0 Å². The molecule has 268 valence electrons. The Morgan fingerprint density at radius 2 is 0.930 bits per heavy atom. The van der Waals surface area contributed by atoms with Gasteiger partial charge >= 0.3 is 0 Å². The van der Waals surface area contributed by atoms with Gasteiger partial charge in [-0.15, -0.1) is 0 Å². The highest BCUT2D eigenvalue weighted by molar-refractivity contribution is 6.15. The molecule has 0 amide bonds. The van der Waals surface area contributed by atoms with Gasteiger partial charge in [0.15, 0.2) is 11.6 Å². The summed E-state index contributed by atoms with van der Waals surface area (Å²) < 4.78 is 7.05. The lowest BCUT2D eigenvalue weighted by atomic mass is 10.0. The zero-order chi connectivity index (χ0) is 37.5. The van der Waals surface area contributed by atoms with Crippen LogP contribution >= 0.6 is 0 Å². The highest BCUT2D eigenvalue weighted by Crippen LogP contribution is 2.41. The number of para-hydroxylation sites is 4. The number of fused-ring (bicyclic) bond motifs is 9. The Labute approximate surface area is 328 Å². The molecule has 12 rings (SSSR count). The molecule has 1 aliphatic rings. The van der Waals surface area contributed by atoms with Crippen molar-refractivity contribution in [1.29, 1.82) is 0 Å². The van der Waals surface area contributed by atoms with Crippen LogP contribution in [-0.4, -0.2) is 28.7 Å². The van der Waals surface area contributed by atoms with E-state index in [1.165, 1.54) is 44.0 Å². The van der Waals surface area contributed by atoms with Crippen LogP contribution in [0.4, 0.5) is 0 Å². The van der Waals surface area contributed by atoms with Crippen molar-refractivity contribution in [1.82, 2.24) is 28.7 Å². The van der Waals surface area contributed by atoms with E-state index in [0.717, 1.165) is 57.1 Å². The van der Waals surface area contributed by atoms with Gasteiger partial charge in [0.05, 0.1) is 27.6 Å². The lowest BCUT2D eigenvalue weighted by Crippen LogP contribution is -2.07. The zero-order valence-corrected chi connectivity index (χ0v) is 30.9. The summed E-state index contributed by atoms with van der Waals surface area (Å²) in [6.45, 7) is 0. The molecule has 11 aromatic rings. The van der Waals surface area contributed by atoms with Crippen molar-refractivity contribution in [2.45, 2.75) is 12.8 Å². The van der Waals surface area contributed by atoms with E-state index in [-0.39, 0.29) is 0 Å². The van der Waals surface area contributed by atoms with E-state index in [1.807, 2.05) is 18.2 Å². The SMILES string of the molecule is C1=Cc2c(n(-c3cccc(-c4nc(-c5ccccc5)nc(-n5c6ccccc6c6ccccc65)n4)c3)c3cc4c5ccccc5n(-c5ccccc5)c4cc23)CC1. The molecule has 0 radical (unpaired) electrons. The van der Waals surface area contributed by atoms with Gasteiger partial charge in [-0.1, -0.05) is 127 Å². The maximum Gasteiger partial charge on any atom is 0.238 e. The molecule has 57 heavy (non-hydrogen) atoms. The average Bonchev–Trinajstić information content (AvgIpc) is 3.91. The molecular weight excluding hydrogens is 697 g/mol. The Kier molecular flexibility index (Phi) is 6.95. The summed E-state index contributed by atoms with van der Waals surface area (Å²) in [5.41, 5.74) is 12.4. The van der Waals surface area contributed by atoms with Gasteiger partial charge in [-0.2, -0.15) is 9.97 Å². The van der Waals surface area contributed by atoms with Crippen molar-refractivity contribution < 1.29 is 0 Å². The second-order valence-electron chi connectivity index (χ2n) is 14.8. The minimum atomic E-state index is 0.591.